The number of Topliss-reactive ketones (excluding diaryl/α,β-unsaturated/α-hetero) is 2. The van der Waals surface area contributed by atoms with Crippen LogP contribution in [0.2, 0.25) is 0 Å². The number of ether oxygens (including phenoxy) is 2. The second-order valence-corrected chi connectivity index (χ2v) is 22.2. The second-order valence-electron chi connectivity index (χ2n) is 22.2. The zero-order valence-electron chi connectivity index (χ0n) is 47.3. The SMILES string of the molecule is CC(C)[C@H](NC(=O)OC(C)(C)C)C(=O)N[C@@H](Cc1ccccc1)[C@@H](O)CCC(=O)CCCc1ccccc1.CC(C)[C@H](NC(=O)OC(C)(C)C)C(=O)O.N[C@@H](Cc1ccccc1)[C@@H](O)CCC(=O)CCCc1ccccc1. The predicted octanol–water partition coefficient (Wildman–Crippen LogP) is 9.91. The number of nitrogens with one attached hydrogen (secondary N) is 3. The van der Waals surface area contributed by atoms with Crippen molar-refractivity contribution in [3.63, 3.8) is 0 Å². The van der Waals surface area contributed by atoms with Gasteiger partial charge in [0.25, 0.3) is 0 Å². The lowest BCUT2D eigenvalue weighted by Crippen LogP contribution is -2.55. The molecule has 424 valence electrons. The standard InChI is InChI=1S/C31H44N2O5.C21H27NO2.C10H19NO4/c1-22(2)28(33-30(37)38-31(3,4)5)29(36)32-26(21-24-15-10-7-11-16-24)27(35)20-19-25(34)18-12-17-23-13-8-6-9-14-23;22-20(16-18-10-5-2-6-11-18)21(24)15-14-19(23)13-7-12-17-8-3-1-4-9-17;1-6(2)7(8(12)13)11-9(14)15-10(3,4)5/h6-11,13-16,22,26-28,35H,12,17-21H2,1-5H3,(H,32,36)(H,33,37);1-6,8-11,20-21,24H,7,12-16,22H2;6-7H,1-5H3,(H,11,14)(H,12,13)/t26-,27-,28-;20-,21-;7-/m000/s1. The normalized spacial score (nSPS) is 13.6. The molecule has 3 amide bonds. The van der Waals surface area contributed by atoms with Crippen molar-refractivity contribution in [1.29, 1.82) is 0 Å². The Kier molecular flexibility index (Phi) is 30.4. The minimum absolute atomic E-state index is 0.0939. The maximum atomic E-state index is 13.2. The van der Waals surface area contributed by atoms with Crippen molar-refractivity contribution in [3.8, 4) is 0 Å². The van der Waals surface area contributed by atoms with Gasteiger partial charge in [0, 0.05) is 31.7 Å². The molecule has 8 N–H and O–H groups in total. The fourth-order valence-electron chi connectivity index (χ4n) is 7.92. The summed E-state index contributed by atoms with van der Waals surface area (Å²) in [6.45, 7) is 17.5. The number of aliphatic hydroxyl groups is 2. The molecule has 0 saturated carbocycles. The topological polar surface area (TPSA) is 244 Å². The number of rotatable bonds is 27. The van der Waals surface area contributed by atoms with E-state index in [9.17, 15) is 39.0 Å². The Morgan fingerprint density at radius 2 is 0.844 bits per heavy atom. The van der Waals surface area contributed by atoms with Crippen LogP contribution in [0.25, 0.3) is 0 Å². The Morgan fingerprint density at radius 1 is 0.494 bits per heavy atom. The van der Waals surface area contributed by atoms with E-state index in [1.165, 1.54) is 11.1 Å². The molecule has 0 bridgehead atoms. The van der Waals surface area contributed by atoms with Crippen LogP contribution in [0.1, 0.15) is 143 Å². The number of carbonyl (C=O) groups is 6. The van der Waals surface area contributed by atoms with Crippen molar-refractivity contribution < 1.29 is 53.6 Å². The molecule has 0 spiro atoms. The van der Waals surface area contributed by atoms with Gasteiger partial charge in [0.2, 0.25) is 5.91 Å². The van der Waals surface area contributed by atoms with Crippen LogP contribution in [0, 0.1) is 11.8 Å². The lowest BCUT2D eigenvalue weighted by molar-refractivity contribution is -0.140. The average molecular weight is 1070 g/mol. The molecule has 0 heterocycles. The third kappa shape index (κ3) is 30.8. The highest BCUT2D eigenvalue weighted by atomic mass is 16.6. The second kappa shape index (κ2) is 35.1. The average Bonchev–Trinajstić information content (AvgIpc) is 3.36. The van der Waals surface area contributed by atoms with Crippen LogP contribution in [0.3, 0.4) is 0 Å². The molecule has 4 aromatic rings. The summed E-state index contributed by atoms with van der Waals surface area (Å²) in [5, 5.41) is 37.9. The van der Waals surface area contributed by atoms with E-state index in [-0.39, 0.29) is 42.3 Å². The van der Waals surface area contributed by atoms with E-state index in [0.717, 1.165) is 36.8 Å². The fraction of sp³-hybridized carbons (Fsp3) is 0.516. The summed E-state index contributed by atoms with van der Waals surface area (Å²) in [5.74, 6) is -1.55. The van der Waals surface area contributed by atoms with Gasteiger partial charge in [-0.1, -0.05) is 149 Å². The minimum Gasteiger partial charge on any atom is -0.480 e. The number of hydrogen-bond donors (Lipinski definition) is 7. The van der Waals surface area contributed by atoms with Gasteiger partial charge in [-0.3, -0.25) is 14.4 Å². The highest BCUT2D eigenvalue weighted by Gasteiger charge is 2.31. The van der Waals surface area contributed by atoms with Crippen LogP contribution < -0.4 is 21.7 Å². The summed E-state index contributed by atoms with van der Waals surface area (Å²) < 4.78 is 10.3. The third-order valence-electron chi connectivity index (χ3n) is 12.1. The first-order chi connectivity index (χ1) is 36.2. The first-order valence-electron chi connectivity index (χ1n) is 27.1. The number of benzene rings is 4. The number of carboxylic acids is 1. The molecule has 0 aromatic heterocycles. The number of alkyl carbamates (subject to hydrolysis) is 2. The van der Waals surface area contributed by atoms with Crippen LogP contribution in [-0.4, -0.2) is 98.5 Å². The third-order valence-corrected chi connectivity index (χ3v) is 12.1. The number of hydrogen-bond acceptors (Lipinski definition) is 11. The molecule has 15 nitrogen and oxygen atoms in total. The zero-order valence-corrected chi connectivity index (χ0v) is 47.3. The van der Waals surface area contributed by atoms with Crippen molar-refractivity contribution in [2.45, 2.75) is 194 Å². The molecule has 0 fully saturated rings. The molecular weight excluding hydrogens is 977 g/mol. The van der Waals surface area contributed by atoms with Crippen LogP contribution >= 0.6 is 0 Å². The zero-order chi connectivity index (χ0) is 57.6. The van der Waals surface area contributed by atoms with Crippen LogP contribution in [0.5, 0.6) is 0 Å². The summed E-state index contributed by atoms with van der Waals surface area (Å²) in [6.07, 6.45) is 3.80. The lowest BCUT2D eigenvalue weighted by atomic mass is 9.95. The smallest absolute Gasteiger partial charge is 0.408 e. The van der Waals surface area contributed by atoms with Gasteiger partial charge in [0.15, 0.2) is 0 Å². The van der Waals surface area contributed by atoms with Gasteiger partial charge in [-0.15, -0.1) is 0 Å². The number of aryl methyl sites for hydroxylation is 2. The Balaban J connectivity index is 0.000000441. The van der Waals surface area contributed by atoms with Crippen LogP contribution in [0.4, 0.5) is 9.59 Å². The quantitative estimate of drug-likeness (QED) is 0.0295. The van der Waals surface area contributed by atoms with E-state index < -0.39 is 65.6 Å². The first-order valence-corrected chi connectivity index (χ1v) is 27.1. The predicted molar refractivity (Wildman–Crippen MR) is 303 cm³/mol. The molecule has 4 rings (SSSR count). The van der Waals surface area contributed by atoms with Crippen molar-refractivity contribution in [2.24, 2.45) is 17.6 Å². The van der Waals surface area contributed by atoms with E-state index in [2.05, 4.69) is 28.1 Å². The Hall–Kier alpha value is -6.42. The molecule has 77 heavy (non-hydrogen) atoms. The molecule has 6 atom stereocenters. The number of carbonyl (C=O) groups excluding carboxylic acids is 5. The van der Waals surface area contributed by atoms with Gasteiger partial charge < -0.3 is 46.5 Å². The number of amides is 3. The summed E-state index contributed by atoms with van der Waals surface area (Å²) in [4.78, 5) is 72.1. The molecule has 0 saturated heterocycles. The number of aliphatic carboxylic acids is 1. The molecule has 4 aromatic carbocycles. The van der Waals surface area contributed by atoms with E-state index in [1.807, 2.05) is 123 Å². The number of aliphatic hydroxyl groups excluding tert-OH is 2. The monoisotopic (exact) mass is 1070 g/mol. The molecule has 0 radical (unpaired) electrons. The maximum Gasteiger partial charge on any atom is 0.408 e. The van der Waals surface area contributed by atoms with Gasteiger partial charge >= 0.3 is 18.2 Å². The fourth-order valence-corrected chi connectivity index (χ4v) is 7.92. The Morgan fingerprint density at radius 3 is 1.21 bits per heavy atom. The van der Waals surface area contributed by atoms with Crippen LogP contribution in [-0.2, 0) is 54.3 Å². The molecular formula is C62H90N4O11. The van der Waals surface area contributed by atoms with Gasteiger partial charge in [-0.2, -0.15) is 0 Å². The minimum atomic E-state index is -1.06. The Bertz CT molecular complexity index is 2320. The van der Waals surface area contributed by atoms with Crippen molar-refractivity contribution in [3.05, 3.63) is 144 Å². The molecule has 15 heteroatoms. The van der Waals surface area contributed by atoms with E-state index in [0.29, 0.717) is 38.5 Å². The molecule has 0 aliphatic rings. The van der Waals surface area contributed by atoms with Gasteiger partial charge in [-0.25, -0.2) is 14.4 Å². The van der Waals surface area contributed by atoms with Crippen molar-refractivity contribution in [1.82, 2.24) is 16.0 Å². The van der Waals surface area contributed by atoms with Gasteiger partial charge in [0.1, 0.15) is 34.9 Å². The highest BCUT2D eigenvalue weighted by Crippen LogP contribution is 2.16. The Labute approximate surface area is 458 Å². The lowest BCUT2D eigenvalue weighted by Gasteiger charge is -2.29. The van der Waals surface area contributed by atoms with Crippen LogP contribution in [0.15, 0.2) is 121 Å². The van der Waals surface area contributed by atoms with E-state index in [4.69, 9.17) is 20.3 Å². The molecule has 0 aliphatic heterocycles. The highest BCUT2D eigenvalue weighted by molar-refractivity contribution is 5.86. The summed E-state index contributed by atoms with van der Waals surface area (Å²) in [6, 6.07) is 37.0. The summed E-state index contributed by atoms with van der Waals surface area (Å²) in [5.41, 5.74) is 9.26. The number of carboxylic acid groups (broad SMARTS) is 1. The summed E-state index contributed by atoms with van der Waals surface area (Å²) in [7, 11) is 0. The van der Waals surface area contributed by atoms with Crippen molar-refractivity contribution in [2.75, 3.05) is 0 Å². The van der Waals surface area contributed by atoms with Gasteiger partial charge in [-0.05, 0) is 127 Å². The number of nitrogens with two attached hydrogens (primary N) is 1. The van der Waals surface area contributed by atoms with E-state index in [1.54, 1.807) is 55.4 Å². The molecule has 0 unspecified atom stereocenters. The summed E-state index contributed by atoms with van der Waals surface area (Å²) >= 11 is 0. The largest absolute Gasteiger partial charge is 0.480 e. The van der Waals surface area contributed by atoms with Crippen molar-refractivity contribution >= 4 is 35.6 Å². The first kappa shape index (κ1) is 66.7. The number of ketones is 2. The molecule has 0 aliphatic carbocycles. The van der Waals surface area contributed by atoms with E-state index >= 15 is 0 Å². The maximum absolute atomic E-state index is 13.2. The van der Waals surface area contributed by atoms with Gasteiger partial charge in [0.05, 0.1) is 18.2 Å².